The lowest BCUT2D eigenvalue weighted by Crippen LogP contribution is -2.48. The largest absolute Gasteiger partial charge is 0.490 e. The van der Waals surface area contributed by atoms with E-state index in [1.54, 1.807) is 14.0 Å². The molecule has 148 valence electrons. The maximum absolute atomic E-state index is 11.4. The first-order valence-electron chi connectivity index (χ1n) is 8.68. The molecule has 0 bridgehead atoms. The van der Waals surface area contributed by atoms with Crippen LogP contribution in [-0.2, 0) is 10.0 Å². The molecule has 2 rings (SSSR count). The number of guanidine groups is 1. The van der Waals surface area contributed by atoms with Crippen molar-refractivity contribution < 1.29 is 13.2 Å². The number of nitrogens with zero attached hydrogens (tertiary/aromatic N) is 2. The molecule has 0 aromatic heterocycles. The van der Waals surface area contributed by atoms with E-state index in [1.165, 1.54) is 0 Å². The summed E-state index contributed by atoms with van der Waals surface area (Å²) < 4.78 is 31.4. The van der Waals surface area contributed by atoms with Crippen LogP contribution in [0.15, 0.2) is 35.3 Å². The predicted molar refractivity (Wildman–Crippen MR) is 116 cm³/mol. The van der Waals surface area contributed by atoms with E-state index in [1.807, 2.05) is 30.3 Å². The molecule has 1 aliphatic heterocycles. The van der Waals surface area contributed by atoms with Crippen LogP contribution < -0.4 is 14.8 Å². The van der Waals surface area contributed by atoms with E-state index in [0.717, 1.165) is 37.6 Å². The van der Waals surface area contributed by atoms with Crippen molar-refractivity contribution in [3.8, 4) is 5.75 Å². The summed E-state index contributed by atoms with van der Waals surface area (Å²) in [6.07, 6.45) is 2.07. The minimum atomic E-state index is -3.15. The Morgan fingerprint density at radius 1 is 1.23 bits per heavy atom. The molecular formula is C17H29IN4O3S. The number of benzene rings is 1. The third-order valence-electron chi connectivity index (χ3n) is 4.11. The van der Waals surface area contributed by atoms with Gasteiger partial charge in [0.05, 0.1) is 5.75 Å². The molecule has 1 saturated heterocycles. The normalized spacial score (nSPS) is 16.1. The molecule has 9 heteroatoms. The zero-order valence-electron chi connectivity index (χ0n) is 15.3. The summed E-state index contributed by atoms with van der Waals surface area (Å²) in [5.74, 6) is 1.80. The van der Waals surface area contributed by atoms with E-state index >= 15 is 0 Å². The summed E-state index contributed by atoms with van der Waals surface area (Å²) in [5.41, 5.74) is 0. The number of aliphatic imine (C=N–C) groups is 1. The fourth-order valence-corrected chi connectivity index (χ4v) is 3.31. The Hall–Kier alpha value is -1.07. The van der Waals surface area contributed by atoms with Crippen LogP contribution in [0.25, 0.3) is 0 Å². The number of sulfonamides is 1. The van der Waals surface area contributed by atoms with Crippen molar-refractivity contribution in [2.45, 2.75) is 25.9 Å². The number of hydrogen-bond acceptors (Lipinski definition) is 4. The molecule has 0 spiro atoms. The van der Waals surface area contributed by atoms with Crippen LogP contribution >= 0.6 is 24.0 Å². The molecule has 1 fully saturated rings. The monoisotopic (exact) mass is 496 g/mol. The Kier molecular flexibility index (Phi) is 10.3. The number of likely N-dealkylation sites (tertiary alicyclic amines) is 1. The van der Waals surface area contributed by atoms with Crippen molar-refractivity contribution in [2.75, 3.05) is 39.0 Å². The molecule has 0 radical (unpaired) electrons. The summed E-state index contributed by atoms with van der Waals surface area (Å²) in [6.45, 7) is 4.20. The minimum Gasteiger partial charge on any atom is -0.490 e. The molecule has 1 aromatic carbocycles. The average molecular weight is 496 g/mol. The van der Waals surface area contributed by atoms with Gasteiger partial charge in [0.25, 0.3) is 0 Å². The number of halogens is 1. The highest BCUT2D eigenvalue weighted by atomic mass is 127. The number of ether oxygens (including phenoxy) is 1. The Morgan fingerprint density at radius 3 is 2.46 bits per heavy atom. The lowest BCUT2D eigenvalue weighted by molar-refractivity contribution is 0.129. The molecule has 1 aromatic rings. The van der Waals surface area contributed by atoms with Crippen molar-refractivity contribution in [3.63, 3.8) is 0 Å². The number of nitrogens with one attached hydrogen (secondary N) is 2. The molecule has 0 atom stereocenters. The Labute approximate surface area is 173 Å². The molecule has 2 N–H and O–H groups in total. The summed E-state index contributed by atoms with van der Waals surface area (Å²) in [7, 11) is -1.40. The highest BCUT2D eigenvalue weighted by Crippen LogP contribution is 2.18. The van der Waals surface area contributed by atoms with E-state index in [-0.39, 0.29) is 35.8 Å². The third kappa shape index (κ3) is 7.67. The van der Waals surface area contributed by atoms with Gasteiger partial charge in [-0.05, 0) is 19.1 Å². The highest BCUT2D eigenvalue weighted by molar-refractivity contribution is 14.0. The van der Waals surface area contributed by atoms with Gasteiger partial charge in [-0.3, -0.25) is 4.99 Å². The number of rotatable bonds is 7. The fourth-order valence-electron chi connectivity index (χ4n) is 2.69. The molecular weight excluding hydrogens is 467 g/mol. The fraction of sp³-hybridized carbons (Fsp3) is 0.588. The Bertz CT molecular complexity index is 647. The summed E-state index contributed by atoms with van der Waals surface area (Å²) in [6, 6.07) is 9.88. The molecule has 0 saturated carbocycles. The third-order valence-corrected chi connectivity index (χ3v) is 5.51. The standard InChI is InChI=1S/C17H28N4O3S.HI/c1-3-25(22,23)20-12-11-19-17(18-2)21-13-9-16(10-14-21)24-15-7-5-4-6-8-15;/h4-8,16,20H,3,9-14H2,1-2H3,(H,18,19);1H. The predicted octanol–water partition coefficient (Wildman–Crippen LogP) is 1.66. The lowest BCUT2D eigenvalue weighted by atomic mass is 10.1. The highest BCUT2D eigenvalue weighted by Gasteiger charge is 2.22. The van der Waals surface area contributed by atoms with Crippen LogP contribution in [0.5, 0.6) is 5.75 Å². The second-order valence-corrected chi connectivity index (χ2v) is 7.98. The maximum Gasteiger partial charge on any atom is 0.211 e. The lowest BCUT2D eigenvalue weighted by Gasteiger charge is -2.34. The quantitative estimate of drug-likeness (QED) is 0.260. The molecule has 0 unspecified atom stereocenters. The van der Waals surface area contributed by atoms with Gasteiger partial charge in [-0.2, -0.15) is 0 Å². The first kappa shape index (κ1) is 23.0. The summed E-state index contributed by atoms with van der Waals surface area (Å²) in [5, 5.41) is 3.21. The Morgan fingerprint density at radius 2 is 1.88 bits per heavy atom. The topological polar surface area (TPSA) is 83.0 Å². The van der Waals surface area contributed by atoms with Crippen LogP contribution in [0.2, 0.25) is 0 Å². The van der Waals surface area contributed by atoms with E-state index in [4.69, 9.17) is 4.74 Å². The van der Waals surface area contributed by atoms with Crippen molar-refractivity contribution in [1.82, 2.24) is 14.9 Å². The summed E-state index contributed by atoms with van der Waals surface area (Å²) in [4.78, 5) is 6.47. The van der Waals surface area contributed by atoms with Crippen molar-refractivity contribution in [3.05, 3.63) is 30.3 Å². The number of hydrogen-bond donors (Lipinski definition) is 2. The molecule has 0 aliphatic carbocycles. The van der Waals surface area contributed by atoms with Gasteiger partial charge in [0.1, 0.15) is 11.9 Å². The maximum atomic E-state index is 11.4. The van der Waals surface area contributed by atoms with Gasteiger partial charge < -0.3 is 15.0 Å². The molecule has 26 heavy (non-hydrogen) atoms. The number of piperidine rings is 1. The second kappa shape index (κ2) is 11.6. The molecule has 1 aliphatic rings. The Balaban J connectivity index is 0.00000338. The number of para-hydroxylation sites is 1. The molecule has 0 amide bonds. The van der Waals surface area contributed by atoms with Gasteiger partial charge in [-0.15, -0.1) is 24.0 Å². The van der Waals surface area contributed by atoms with E-state index < -0.39 is 10.0 Å². The van der Waals surface area contributed by atoms with Gasteiger partial charge in [0.15, 0.2) is 5.96 Å². The van der Waals surface area contributed by atoms with Gasteiger partial charge in [0, 0.05) is 46.1 Å². The average Bonchev–Trinajstić information content (AvgIpc) is 2.64. The van der Waals surface area contributed by atoms with Crippen LogP contribution in [0.4, 0.5) is 0 Å². The SMILES string of the molecule is CCS(=O)(=O)NCCNC(=NC)N1CCC(Oc2ccccc2)CC1.I. The molecule has 7 nitrogen and oxygen atoms in total. The van der Waals surface area contributed by atoms with Crippen LogP contribution in [-0.4, -0.2) is 64.4 Å². The van der Waals surface area contributed by atoms with E-state index in [2.05, 4.69) is 19.9 Å². The smallest absolute Gasteiger partial charge is 0.211 e. The van der Waals surface area contributed by atoms with Crippen LogP contribution in [0.3, 0.4) is 0 Å². The van der Waals surface area contributed by atoms with Gasteiger partial charge in [0.2, 0.25) is 10.0 Å². The first-order chi connectivity index (χ1) is 12.0. The van der Waals surface area contributed by atoms with E-state index in [0.29, 0.717) is 13.1 Å². The first-order valence-corrected chi connectivity index (χ1v) is 10.3. The van der Waals surface area contributed by atoms with Gasteiger partial charge in [-0.25, -0.2) is 13.1 Å². The zero-order chi connectivity index (χ0) is 18.1. The minimum absolute atomic E-state index is 0. The zero-order valence-corrected chi connectivity index (χ0v) is 18.5. The van der Waals surface area contributed by atoms with Gasteiger partial charge >= 0.3 is 0 Å². The van der Waals surface area contributed by atoms with Gasteiger partial charge in [-0.1, -0.05) is 18.2 Å². The van der Waals surface area contributed by atoms with E-state index in [9.17, 15) is 8.42 Å². The van der Waals surface area contributed by atoms with Crippen molar-refractivity contribution in [2.24, 2.45) is 4.99 Å². The van der Waals surface area contributed by atoms with Crippen LogP contribution in [0.1, 0.15) is 19.8 Å². The second-order valence-electron chi connectivity index (χ2n) is 5.89. The van der Waals surface area contributed by atoms with Crippen LogP contribution in [0, 0.1) is 0 Å². The van der Waals surface area contributed by atoms with Crippen molar-refractivity contribution >= 4 is 40.0 Å². The summed E-state index contributed by atoms with van der Waals surface area (Å²) >= 11 is 0. The van der Waals surface area contributed by atoms with Crippen molar-refractivity contribution in [1.29, 1.82) is 0 Å². The molecule has 1 heterocycles.